The fourth-order valence-electron chi connectivity index (χ4n) is 2.23. The molecular weight excluding hydrogens is 326 g/mol. The van der Waals surface area contributed by atoms with Crippen LogP contribution in [0.15, 0.2) is 46.9 Å². The van der Waals surface area contributed by atoms with Crippen molar-refractivity contribution >= 4 is 33.2 Å². The standard InChI is InChI=1S/C15H13BrClNO/c16-11-2-1-3-13(8-11)18-9-14-7-10-6-12(17)4-5-15(10)19-14/h1-6,8,14,18H,7,9H2. The van der Waals surface area contributed by atoms with Crippen LogP contribution in [0, 0.1) is 0 Å². The van der Waals surface area contributed by atoms with Gasteiger partial charge in [0.05, 0.1) is 6.54 Å². The maximum Gasteiger partial charge on any atom is 0.123 e. The van der Waals surface area contributed by atoms with Crippen LogP contribution in [0.25, 0.3) is 0 Å². The largest absolute Gasteiger partial charge is 0.488 e. The highest BCUT2D eigenvalue weighted by Crippen LogP contribution is 2.31. The first-order valence-corrected chi connectivity index (χ1v) is 7.32. The minimum Gasteiger partial charge on any atom is -0.488 e. The number of ether oxygens (including phenoxy) is 1. The number of hydrogen-bond acceptors (Lipinski definition) is 2. The second kappa shape index (κ2) is 5.43. The number of fused-ring (bicyclic) bond motifs is 1. The maximum atomic E-state index is 5.99. The van der Waals surface area contributed by atoms with Gasteiger partial charge in [0.25, 0.3) is 0 Å². The molecule has 0 saturated heterocycles. The van der Waals surface area contributed by atoms with Crippen LogP contribution in [-0.2, 0) is 6.42 Å². The monoisotopic (exact) mass is 337 g/mol. The molecule has 1 aliphatic rings. The predicted octanol–water partition coefficient (Wildman–Crippen LogP) is 4.52. The molecule has 1 heterocycles. The van der Waals surface area contributed by atoms with Crippen molar-refractivity contribution in [2.45, 2.75) is 12.5 Å². The molecule has 2 nitrogen and oxygen atoms in total. The molecule has 2 aromatic carbocycles. The highest BCUT2D eigenvalue weighted by Gasteiger charge is 2.22. The fraction of sp³-hybridized carbons (Fsp3) is 0.200. The molecule has 2 aromatic rings. The van der Waals surface area contributed by atoms with Crippen molar-refractivity contribution in [3.05, 3.63) is 57.5 Å². The Bertz CT molecular complexity index is 602. The van der Waals surface area contributed by atoms with E-state index in [4.69, 9.17) is 16.3 Å². The van der Waals surface area contributed by atoms with Gasteiger partial charge >= 0.3 is 0 Å². The molecule has 3 rings (SSSR count). The Balaban J connectivity index is 1.62. The Kier molecular flexibility index (Phi) is 3.67. The molecule has 0 fully saturated rings. The van der Waals surface area contributed by atoms with Crippen LogP contribution in [0.4, 0.5) is 5.69 Å². The minimum atomic E-state index is 0.160. The zero-order chi connectivity index (χ0) is 13.2. The maximum absolute atomic E-state index is 5.99. The van der Waals surface area contributed by atoms with Gasteiger partial charge in [-0.1, -0.05) is 33.6 Å². The average Bonchev–Trinajstić information content (AvgIpc) is 2.78. The molecule has 0 spiro atoms. The Labute approximate surface area is 125 Å². The van der Waals surface area contributed by atoms with E-state index in [1.165, 1.54) is 5.56 Å². The Morgan fingerprint density at radius 3 is 3.00 bits per heavy atom. The summed E-state index contributed by atoms with van der Waals surface area (Å²) in [6.45, 7) is 0.781. The normalized spacial score (nSPS) is 16.8. The van der Waals surface area contributed by atoms with Gasteiger partial charge < -0.3 is 10.1 Å². The highest BCUT2D eigenvalue weighted by molar-refractivity contribution is 9.10. The van der Waals surface area contributed by atoms with E-state index in [-0.39, 0.29) is 6.10 Å². The van der Waals surface area contributed by atoms with Gasteiger partial charge in [-0.15, -0.1) is 0 Å². The lowest BCUT2D eigenvalue weighted by Gasteiger charge is -2.13. The molecule has 1 unspecified atom stereocenters. The highest BCUT2D eigenvalue weighted by atomic mass is 79.9. The van der Waals surface area contributed by atoms with Crippen LogP contribution >= 0.6 is 27.5 Å². The van der Waals surface area contributed by atoms with Gasteiger partial charge in [-0.05, 0) is 42.0 Å². The molecular formula is C15H13BrClNO. The Hall–Kier alpha value is -1.19. The third kappa shape index (κ3) is 3.04. The van der Waals surface area contributed by atoms with Gasteiger partial charge in [-0.25, -0.2) is 0 Å². The van der Waals surface area contributed by atoms with Gasteiger partial charge in [-0.2, -0.15) is 0 Å². The smallest absolute Gasteiger partial charge is 0.123 e. The van der Waals surface area contributed by atoms with Crippen LogP contribution in [0.2, 0.25) is 5.02 Å². The lowest BCUT2D eigenvalue weighted by atomic mass is 10.1. The summed E-state index contributed by atoms with van der Waals surface area (Å²) in [4.78, 5) is 0. The number of nitrogens with one attached hydrogen (secondary N) is 1. The van der Waals surface area contributed by atoms with Crippen molar-refractivity contribution < 1.29 is 4.74 Å². The number of anilines is 1. The molecule has 19 heavy (non-hydrogen) atoms. The number of rotatable bonds is 3. The predicted molar refractivity (Wildman–Crippen MR) is 82.2 cm³/mol. The summed E-state index contributed by atoms with van der Waals surface area (Å²) in [6.07, 6.45) is 1.06. The Morgan fingerprint density at radius 2 is 2.16 bits per heavy atom. The van der Waals surface area contributed by atoms with Crippen molar-refractivity contribution in [3.63, 3.8) is 0 Å². The van der Waals surface area contributed by atoms with E-state index in [1.807, 2.05) is 36.4 Å². The topological polar surface area (TPSA) is 21.3 Å². The third-order valence-corrected chi connectivity index (χ3v) is 3.85. The van der Waals surface area contributed by atoms with Crippen LogP contribution in [0.5, 0.6) is 5.75 Å². The molecule has 4 heteroatoms. The quantitative estimate of drug-likeness (QED) is 0.888. The number of hydrogen-bond donors (Lipinski definition) is 1. The van der Waals surface area contributed by atoms with Crippen molar-refractivity contribution in [2.75, 3.05) is 11.9 Å². The Morgan fingerprint density at radius 1 is 1.26 bits per heavy atom. The van der Waals surface area contributed by atoms with Gasteiger partial charge in [0.15, 0.2) is 0 Å². The van der Waals surface area contributed by atoms with E-state index in [9.17, 15) is 0 Å². The lowest BCUT2D eigenvalue weighted by Crippen LogP contribution is -2.23. The summed E-state index contributed by atoms with van der Waals surface area (Å²) >= 11 is 9.45. The summed E-state index contributed by atoms with van der Waals surface area (Å²) in [5.41, 5.74) is 2.28. The summed E-state index contributed by atoms with van der Waals surface area (Å²) in [5, 5.41) is 4.16. The van der Waals surface area contributed by atoms with Gasteiger partial charge in [0.1, 0.15) is 11.9 Å². The molecule has 0 aliphatic carbocycles. The zero-order valence-corrected chi connectivity index (χ0v) is 12.5. The van der Waals surface area contributed by atoms with E-state index < -0.39 is 0 Å². The van der Waals surface area contributed by atoms with Gasteiger partial charge in [-0.3, -0.25) is 0 Å². The molecule has 1 N–H and O–H groups in total. The van der Waals surface area contributed by atoms with Crippen molar-refractivity contribution in [1.29, 1.82) is 0 Å². The molecule has 0 aromatic heterocycles. The van der Waals surface area contributed by atoms with Crippen LogP contribution in [-0.4, -0.2) is 12.6 Å². The molecule has 0 bridgehead atoms. The van der Waals surface area contributed by atoms with Crippen molar-refractivity contribution in [1.82, 2.24) is 0 Å². The average molecular weight is 339 g/mol. The third-order valence-electron chi connectivity index (χ3n) is 3.12. The molecule has 98 valence electrons. The molecule has 1 atom stereocenters. The minimum absolute atomic E-state index is 0.160. The number of benzene rings is 2. The van der Waals surface area contributed by atoms with E-state index >= 15 is 0 Å². The summed E-state index contributed by atoms with van der Waals surface area (Å²) in [5.74, 6) is 0.949. The first-order chi connectivity index (χ1) is 9.20. The van der Waals surface area contributed by atoms with Crippen molar-refractivity contribution in [3.8, 4) is 5.75 Å². The van der Waals surface area contributed by atoms with Crippen LogP contribution in [0.1, 0.15) is 5.56 Å². The van der Waals surface area contributed by atoms with Crippen LogP contribution in [0.3, 0.4) is 0 Å². The second-order valence-corrected chi connectivity index (χ2v) is 5.94. The first-order valence-electron chi connectivity index (χ1n) is 6.15. The summed E-state index contributed by atoms with van der Waals surface area (Å²) in [6, 6.07) is 13.9. The fourth-order valence-corrected chi connectivity index (χ4v) is 2.83. The van der Waals surface area contributed by atoms with Gasteiger partial charge in [0.2, 0.25) is 0 Å². The molecule has 0 amide bonds. The molecule has 0 saturated carbocycles. The van der Waals surface area contributed by atoms with E-state index in [0.29, 0.717) is 0 Å². The SMILES string of the molecule is Clc1ccc2c(c1)CC(CNc1cccc(Br)c1)O2. The zero-order valence-electron chi connectivity index (χ0n) is 10.2. The first kappa shape index (κ1) is 12.8. The van der Waals surface area contributed by atoms with E-state index in [0.717, 1.165) is 33.9 Å². The molecule has 1 aliphatic heterocycles. The van der Waals surface area contributed by atoms with E-state index in [2.05, 4.69) is 27.3 Å². The van der Waals surface area contributed by atoms with Gasteiger partial charge in [0, 0.05) is 21.6 Å². The molecule has 0 radical (unpaired) electrons. The second-order valence-electron chi connectivity index (χ2n) is 4.59. The number of halogens is 2. The van der Waals surface area contributed by atoms with Crippen molar-refractivity contribution in [2.24, 2.45) is 0 Å². The van der Waals surface area contributed by atoms with E-state index in [1.54, 1.807) is 0 Å². The van der Waals surface area contributed by atoms with Crippen LogP contribution < -0.4 is 10.1 Å². The summed E-state index contributed by atoms with van der Waals surface area (Å²) in [7, 11) is 0. The lowest BCUT2D eigenvalue weighted by molar-refractivity contribution is 0.246. The summed E-state index contributed by atoms with van der Waals surface area (Å²) < 4.78 is 6.95.